The number of furan rings is 1. The molecule has 44 heavy (non-hydrogen) atoms. The molecule has 0 unspecified atom stereocenters. The highest BCUT2D eigenvalue weighted by molar-refractivity contribution is 6.10. The van der Waals surface area contributed by atoms with Gasteiger partial charge in [-0.25, -0.2) is 4.98 Å². The molecule has 0 fully saturated rings. The zero-order chi connectivity index (χ0) is 29.0. The van der Waals surface area contributed by atoms with Crippen molar-refractivity contribution in [3.05, 3.63) is 140 Å². The molecule has 5 aromatic carbocycles. The lowest BCUT2D eigenvalue weighted by Crippen LogP contribution is -2.06. The number of pyridine rings is 1. The van der Waals surface area contributed by atoms with Crippen molar-refractivity contribution in [3.8, 4) is 39.9 Å². The van der Waals surface area contributed by atoms with Gasteiger partial charge in [0.2, 0.25) is 5.95 Å². The van der Waals surface area contributed by atoms with Crippen LogP contribution in [0.2, 0.25) is 0 Å². The van der Waals surface area contributed by atoms with Gasteiger partial charge in [0.05, 0.1) is 11.0 Å². The second kappa shape index (κ2) is 9.71. The van der Waals surface area contributed by atoms with Crippen LogP contribution in [0.25, 0.3) is 83.6 Å². The second-order valence-electron chi connectivity index (χ2n) is 10.8. The molecule has 0 amide bonds. The molecule has 9 aromatic rings. The zero-order valence-electron chi connectivity index (χ0n) is 23.4. The van der Waals surface area contributed by atoms with Crippen molar-refractivity contribution in [1.82, 2.24) is 24.5 Å². The Bertz CT molecular complexity index is 2460. The predicted octanol–water partition coefficient (Wildman–Crippen LogP) is 9.26. The van der Waals surface area contributed by atoms with Crippen LogP contribution in [0.1, 0.15) is 0 Å². The summed E-state index contributed by atoms with van der Waals surface area (Å²) >= 11 is 0. The lowest BCUT2D eigenvalue weighted by atomic mass is 10.0. The van der Waals surface area contributed by atoms with Gasteiger partial charge >= 0.3 is 0 Å². The van der Waals surface area contributed by atoms with Gasteiger partial charge in [0.1, 0.15) is 11.2 Å². The second-order valence-corrected chi connectivity index (χ2v) is 10.8. The highest BCUT2D eigenvalue weighted by atomic mass is 16.3. The maximum atomic E-state index is 6.33. The van der Waals surface area contributed by atoms with Crippen LogP contribution in [0.15, 0.2) is 144 Å². The van der Waals surface area contributed by atoms with Gasteiger partial charge in [0.15, 0.2) is 11.6 Å². The number of hydrogen-bond donors (Lipinski definition) is 0. The Morgan fingerprint density at radius 1 is 0.500 bits per heavy atom. The van der Waals surface area contributed by atoms with Crippen molar-refractivity contribution in [2.75, 3.05) is 0 Å². The smallest absolute Gasteiger partial charge is 0.238 e. The van der Waals surface area contributed by atoms with Gasteiger partial charge in [0.25, 0.3) is 0 Å². The van der Waals surface area contributed by atoms with E-state index in [1.807, 2.05) is 54.7 Å². The minimum Gasteiger partial charge on any atom is -0.455 e. The molecule has 0 bridgehead atoms. The summed E-state index contributed by atoms with van der Waals surface area (Å²) in [5, 5.41) is 4.35. The molecule has 0 aliphatic carbocycles. The normalized spacial score (nSPS) is 11.6. The lowest BCUT2D eigenvalue weighted by Gasteiger charge is -2.11. The van der Waals surface area contributed by atoms with E-state index in [-0.39, 0.29) is 0 Å². The SMILES string of the molecule is c1ccc(-c2nc(-c3cccc(-c4cccc5c4oc4ccncc45)c3)nc(-n3c4ccccc4c4ccccc43)n2)cc1. The highest BCUT2D eigenvalue weighted by Crippen LogP contribution is 2.37. The molecule has 9 rings (SSSR count). The van der Waals surface area contributed by atoms with E-state index in [4.69, 9.17) is 19.4 Å². The average molecular weight is 566 g/mol. The third-order valence-corrected chi connectivity index (χ3v) is 8.17. The van der Waals surface area contributed by atoms with Gasteiger partial charge in [-0.2, -0.15) is 9.97 Å². The summed E-state index contributed by atoms with van der Waals surface area (Å²) in [4.78, 5) is 19.5. The van der Waals surface area contributed by atoms with Crippen molar-refractivity contribution in [3.63, 3.8) is 0 Å². The number of para-hydroxylation sites is 3. The van der Waals surface area contributed by atoms with Crippen LogP contribution in [-0.2, 0) is 0 Å². The van der Waals surface area contributed by atoms with Crippen molar-refractivity contribution in [1.29, 1.82) is 0 Å². The monoisotopic (exact) mass is 565 g/mol. The van der Waals surface area contributed by atoms with E-state index in [0.29, 0.717) is 17.6 Å². The lowest BCUT2D eigenvalue weighted by molar-refractivity contribution is 0.669. The minimum atomic E-state index is 0.573. The van der Waals surface area contributed by atoms with E-state index in [9.17, 15) is 0 Å². The van der Waals surface area contributed by atoms with Crippen LogP contribution in [0.4, 0.5) is 0 Å². The predicted molar refractivity (Wildman–Crippen MR) is 176 cm³/mol. The first kappa shape index (κ1) is 24.5. The Morgan fingerprint density at radius 2 is 1.14 bits per heavy atom. The van der Waals surface area contributed by atoms with Crippen molar-refractivity contribution in [2.24, 2.45) is 0 Å². The fourth-order valence-electron chi connectivity index (χ4n) is 6.14. The topological polar surface area (TPSA) is 69.6 Å². The molecule has 0 radical (unpaired) electrons. The average Bonchev–Trinajstić information content (AvgIpc) is 3.65. The third-order valence-electron chi connectivity index (χ3n) is 8.17. The number of rotatable bonds is 4. The van der Waals surface area contributed by atoms with Crippen LogP contribution in [0.5, 0.6) is 0 Å². The maximum Gasteiger partial charge on any atom is 0.238 e. The fourth-order valence-corrected chi connectivity index (χ4v) is 6.14. The molecule has 0 aliphatic heterocycles. The van der Waals surface area contributed by atoms with E-state index in [2.05, 4.69) is 88.4 Å². The molecular formula is C38H23N5O. The standard InChI is InChI=1S/C38H23N5O/c1-2-10-24(11-3-1)36-40-37(42-38(41-36)43-32-18-6-4-14-28(32)29-15-5-7-19-33(29)43)26-13-8-12-25(22-26)27-16-9-17-30-31-23-39-21-20-34(31)44-35(27)30/h1-23H. The molecule has 0 N–H and O–H groups in total. The first-order valence-corrected chi connectivity index (χ1v) is 14.5. The van der Waals surface area contributed by atoms with E-state index >= 15 is 0 Å². The maximum absolute atomic E-state index is 6.33. The van der Waals surface area contributed by atoms with E-state index < -0.39 is 0 Å². The molecule has 6 nitrogen and oxygen atoms in total. The van der Waals surface area contributed by atoms with Gasteiger partial charge < -0.3 is 4.42 Å². The van der Waals surface area contributed by atoms with Gasteiger partial charge in [-0.15, -0.1) is 0 Å². The Morgan fingerprint density at radius 3 is 1.93 bits per heavy atom. The first-order valence-electron chi connectivity index (χ1n) is 14.5. The van der Waals surface area contributed by atoms with Crippen LogP contribution >= 0.6 is 0 Å². The van der Waals surface area contributed by atoms with Crippen molar-refractivity contribution >= 4 is 43.7 Å². The van der Waals surface area contributed by atoms with E-state index in [1.165, 1.54) is 0 Å². The number of nitrogens with zero attached hydrogens (tertiary/aromatic N) is 5. The quantitative estimate of drug-likeness (QED) is 0.213. The molecule has 0 atom stereocenters. The summed E-state index contributed by atoms with van der Waals surface area (Å²) in [6, 6.07) is 43.3. The summed E-state index contributed by atoms with van der Waals surface area (Å²) in [6.45, 7) is 0. The molecule has 0 saturated carbocycles. The Kier molecular flexibility index (Phi) is 5.40. The zero-order valence-corrected chi connectivity index (χ0v) is 23.4. The van der Waals surface area contributed by atoms with E-state index in [0.717, 1.165) is 66.0 Å². The molecule has 0 saturated heterocycles. The summed E-state index contributed by atoms with van der Waals surface area (Å²) in [5.41, 5.74) is 7.57. The molecule has 0 aliphatic rings. The highest BCUT2D eigenvalue weighted by Gasteiger charge is 2.18. The van der Waals surface area contributed by atoms with Gasteiger partial charge in [-0.05, 0) is 29.8 Å². The Balaban J connectivity index is 1.27. The molecule has 206 valence electrons. The largest absolute Gasteiger partial charge is 0.455 e. The van der Waals surface area contributed by atoms with Gasteiger partial charge in [-0.3, -0.25) is 9.55 Å². The Labute approximate surface area is 251 Å². The fraction of sp³-hybridized carbons (Fsp3) is 0. The van der Waals surface area contributed by atoms with Gasteiger partial charge in [0, 0.05) is 50.6 Å². The van der Waals surface area contributed by atoms with Crippen molar-refractivity contribution < 1.29 is 4.42 Å². The molecular weight excluding hydrogens is 542 g/mol. The Hall–Kier alpha value is -6.14. The first-order chi connectivity index (χ1) is 21.8. The molecule has 6 heteroatoms. The molecule has 4 heterocycles. The summed E-state index contributed by atoms with van der Waals surface area (Å²) in [7, 11) is 0. The van der Waals surface area contributed by atoms with Crippen LogP contribution < -0.4 is 0 Å². The number of aromatic nitrogens is 5. The van der Waals surface area contributed by atoms with Gasteiger partial charge in [-0.1, -0.05) is 103 Å². The van der Waals surface area contributed by atoms with Crippen LogP contribution in [-0.4, -0.2) is 24.5 Å². The minimum absolute atomic E-state index is 0.573. The number of fused-ring (bicyclic) bond motifs is 6. The van der Waals surface area contributed by atoms with E-state index in [1.54, 1.807) is 6.20 Å². The number of benzene rings is 5. The summed E-state index contributed by atoms with van der Waals surface area (Å²) in [5.74, 6) is 1.78. The summed E-state index contributed by atoms with van der Waals surface area (Å²) in [6.07, 6.45) is 3.61. The third kappa shape index (κ3) is 3.82. The van der Waals surface area contributed by atoms with Crippen LogP contribution in [0.3, 0.4) is 0 Å². The number of hydrogen-bond acceptors (Lipinski definition) is 5. The van der Waals surface area contributed by atoms with Crippen LogP contribution in [0, 0.1) is 0 Å². The van der Waals surface area contributed by atoms with Crippen molar-refractivity contribution in [2.45, 2.75) is 0 Å². The molecule has 4 aromatic heterocycles. The molecule has 0 spiro atoms. The summed E-state index contributed by atoms with van der Waals surface area (Å²) < 4.78 is 8.46.